The Morgan fingerprint density at radius 2 is 2.35 bits per heavy atom. The van der Waals surface area contributed by atoms with Crippen LogP contribution in [0.3, 0.4) is 0 Å². The van der Waals surface area contributed by atoms with Crippen molar-refractivity contribution in [1.29, 1.82) is 0 Å². The van der Waals surface area contributed by atoms with Crippen LogP contribution in [0.1, 0.15) is 26.2 Å². The standard InChI is InChI=1S/C17H25ClN2O3/c1-2-22-17(21)19-15-7-4-9-20(13-15)10-5-11-23-16-8-3-6-14(18)12-16/h3,6,8,12,15H,2,4-5,7,9-11,13H2,1H3,(H,19,21). The molecular formula is C17H25ClN2O3. The summed E-state index contributed by atoms with van der Waals surface area (Å²) in [4.78, 5) is 13.8. The lowest BCUT2D eigenvalue weighted by molar-refractivity contribution is 0.132. The van der Waals surface area contributed by atoms with E-state index in [1.807, 2.05) is 31.2 Å². The summed E-state index contributed by atoms with van der Waals surface area (Å²) in [6.45, 7) is 5.78. The lowest BCUT2D eigenvalue weighted by atomic mass is 10.1. The molecule has 1 aromatic carbocycles. The molecule has 5 nitrogen and oxygen atoms in total. The van der Waals surface area contributed by atoms with E-state index >= 15 is 0 Å². The van der Waals surface area contributed by atoms with Gasteiger partial charge in [-0.05, 0) is 50.9 Å². The Morgan fingerprint density at radius 3 is 3.13 bits per heavy atom. The first-order chi connectivity index (χ1) is 11.2. The van der Waals surface area contributed by atoms with Crippen LogP contribution in [0.4, 0.5) is 4.79 Å². The number of ether oxygens (including phenoxy) is 2. The first-order valence-electron chi connectivity index (χ1n) is 8.21. The molecule has 0 saturated carbocycles. The zero-order valence-electron chi connectivity index (χ0n) is 13.6. The molecule has 1 fully saturated rings. The number of carbonyl (C=O) groups is 1. The number of nitrogens with zero attached hydrogens (tertiary/aromatic N) is 1. The van der Waals surface area contributed by atoms with Crippen molar-refractivity contribution in [3.63, 3.8) is 0 Å². The highest BCUT2D eigenvalue weighted by atomic mass is 35.5. The number of carbonyl (C=O) groups excluding carboxylic acids is 1. The number of alkyl carbamates (subject to hydrolysis) is 1. The number of hydrogen-bond acceptors (Lipinski definition) is 4. The topological polar surface area (TPSA) is 50.8 Å². The number of nitrogens with one attached hydrogen (secondary N) is 1. The van der Waals surface area contributed by atoms with Gasteiger partial charge < -0.3 is 19.7 Å². The summed E-state index contributed by atoms with van der Waals surface area (Å²) in [5.41, 5.74) is 0. The van der Waals surface area contributed by atoms with E-state index in [0.29, 0.717) is 18.2 Å². The van der Waals surface area contributed by atoms with E-state index in [9.17, 15) is 4.79 Å². The van der Waals surface area contributed by atoms with Crippen molar-refractivity contribution in [3.8, 4) is 5.75 Å². The largest absolute Gasteiger partial charge is 0.493 e. The number of likely N-dealkylation sites (tertiary alicyclic amines) is 1. The normalized spacial score (nSPS) is 18.4. The second kappa shape index (κ2) is 9.63. The highest BCUT2D eigenvalue weighted by Crippen LogP contribution is 2.17. The van der Waals surface area contributed by atoms with E-state index in [0.717, 1.165) is 44.6 Å². The minimum Gasteiger partial charge on any atom is -0.493 e. The number of halogens is 1. The fraction of sp³-hybridized carbons (Fsp3) is 0.588. The lowest BCUT2D eigenvalue weighted by Crippen LogP contribution is -2.48. The van der Waals surface area contributed by atoms with Crippen molar-refractivity contribution in [3.05, 3.63) is 29.3 Å². The third-order valence-electron chi connectivity index (χ3n) is 3.79. The summed E-state index contributed by atoms with van der Waals surface area (Å²) in [5.74, 6) is 0.804. The first-order valence-corrected chi connectivity index (χ1v) is 8.59. The molecule has 1 aromatic rings. The summed E-state index contributed by atoms with van der Waals surface area (Å²) >= 11 is 5.93. The predicted molar refractivity (Wildman–Crippen MR) is 91.2 cm³/mol. The quantitative estimate of drug-likeness (QED) is 0.774. The number of amides is 1. The molecule has 23 heavy (non-hydrogen) atoms. The Bertz CT molecular complexity index is 498. The monoisotopic (exact) mass is 340 g/mol. The second-order valence-electron chi connectivity index (χ2n) is 5.66. The van der Waals surface area contributed by atoms with Crippen LogP contribution in [0.2, 0.25) is 5.02 Å². The molecule has 1 aliphatic rings. The van der Waals surface area contributed by atoms with Gasteiger partial charge in [-0.15, -0.1) is 0 Å². The molecule has 0 bridgehead atoms. The third kappa shape index (κ3) is 6.67. The van der Waals surface area contributed by atoms with Gasteiger partial charge in [0.1, 0.15) is 5.75 Å². The molecule has 2 rings (SSSR count). The van der Waals surface area contributed by atoms with Crippen LogP contribution in [0.25, 0.3) is 0 Å². The smallest absolute Gasteiger partial charge is 0.407 e. The molecule has 1 unspecified atom stereocenters. The van der Waals surface area contributed by atoms with Crippen LogP contribution in [-0.2, 0) is 4.74 Å². The van der Waals surface area contributed by atoms with E-state index in [1.165, 1.54) is 0 Å². The summed E-state index contributed by atoms with van der Waals surface area (Å²) in [7, 11) is 0. The van der Waals surface area contributed by atoms with Crippen molar-refractivity contribution in [2.45, 2.75) is 32.2 Å². The van der Waals surface area contributed by atoms with Crippen molar-refractivity contribution in [2.75, 3.05) is 32.8 Å². The fourth-order valence-electron chi connectivity index (χ4n) is 2.75. The van der Waals surface area contributed by atoms with Gasteiger partial charge in [-0.2, -0.15) is 0 Å². The van der Waals surface area contributed by atoms with Gasteiger partial charge >= 0.3 is 6.09 Å². The lowest BCUT2D eigenvalue weighted by Gasteiger charge is -2.32. The molecule has 0 radical (unpaired) electrons. The Labute approximate surface area is 142 Å². The fourth-order valence-corrected chi connectivity index (χ4v) is 2.93. The van der Waals surface area contributed by atoms with Gasteiger partial charge in [0.2, 0.25) is 0 Å². The molecule has 0 spiro atoms. The minimum absolute atomic E-state index is 0.177. The van der Waals surface area contributed by atoms with E-state index in [4.69, 9.17) is 21.1 Å². The molecule has 1 N–H and O–H groups in total. The molecule has 0 aromatic heterocycles. The second-order valence-corrected chi connectivity index (χ2v) is 6.10. The Kier molecular flexibility index (Phi) is 7.49. The highest BCUT2D eigenvalue weighted by molar-refractivity contribution is 6.30. The summed E-state index contributed by atoms with van der Waals surface area (Å²) in [5, 5.41) is 3.61. The van der Waals surface area contributed by atoms with Gasteiger partial charge in [0.25, 0.3) is 0 Å². The van der Waals surface area contributed by atoms with Crippen LogP contribution >= 0.6 is 11.6 Å². The van der Waals surface area contributed by atoms with Crippen LogP contribution in [0.15, 0.2) is 24.3 Å². The Hall–Kier alpha value is -1.46. The summed E-state index contributed by atoms with van der Waals surface area (Å²) in [6.07, 6.45) is 2.72. The van der Waals surface area contributed by atoms with Gasteiger partial charge in [0, 0.05) is 24.2 Å². The molecular weight excluding hydrogens is 316 g/mol. The van der Waals surface area contributed by atoms with Crippen LogP contribution < -0.4 is 10.1 Å². The number of piperidine rings is 1. The zero-order valence-corrected chi connectivity index (χ0v) is 14.3. The Balaban J connectivity index is 1.64. The van der Waals surface area contributed by atoms with Gasteiger partial charge in [0.15, 0.2) is 0 Å². The van der Waals surface area contributed by atoms with E-state index < -0.39 is 0 Å². The average Bonchev–Trinajstić information content (AvgIpc) is 2.52. The van der Waals surface area contributed by atoms with Crippen LogP contribution in [0, 0.1) is 0 Å². The van der Waals surface area contributed by atoms with E-state index in [2.05, 4.69) is 10.2 Å². The van der Waals surface area contributed by atoms with Crippen LogP contribution in [0.5, 0.6) is 5.75 Å². The third-order valence-corrected chi connectivity index (χ3v) is 4.02. The van der Waals surface area contributed by atoms with Crippen molar-refractivity contribution < 1.29 is 14.3 Å². The zero-order chi connectivity index (χ0) is 16.5. The number of hydrogen-bond donors (Lipinski definition) is 1. The summed E-state index contributed by atoms with van der Waals surface area (Å²) in [6, 6.07) is 7.62. The highest BCUT2D eigenvalue weighted by Gasteiger charge is 2.21. The minimum atomic E-state index is -0.316. The van der Waals surface area contributed by atoms with Crippen LogP contribution in [-0.4, -0.2) is 49.9 Å². The molecule has 1 atom stereocenters. The SMILES string of the molecule is CCOC(=O)NC1CCCN(CCCOc2cccc(Cl)c2)C1. The number of rotatable bonds is 7. The van der Waals surface area contributed by atoms with Crippen molar-refractivity contribution in [2.24, 2.45) is 0 Å². The number of benzene rings is 1. The molecule has 128 valence electrons. The average molecular weight is 341 g/mol. The first kappa shape index (κ1) is 17.9. The maximum atomic E-state index is 11.5. The van der Waals surface area contributed by atoms with E-state index in [-0.39, 0.29) is 12.1 Å². The maximum Gasteiger partial charge on any atom is 0.407 e. The summed E-state index contributed by atoms with van der Waals surface area (Å²) < 4.78 is 10.6. The molecule has 1 amide bonds. The van der Waals surface area contributed by atoms with E-state index in [1.54, 1.807) is 0 Å². The Morgan fingerprint density at radius 1 is 1.48 bits per heavy atom. The van der Waals surface area contributed by atoms with Gasteiger partial charge in [-0.1, -0.05) is 17.7 Å². The van der Waals surface area contributed by atoms with Gasteiger partial charge in [0.05, 0.1) is 13.2 Å². The van der Waals surface area contributed by atoms with Crippen molar-refractivity contribution in [1.82, 2.24) is 10.2 Å². The predicted octanol–water partition coefficient (Wildman–Crippen LogP) is 3.32. The van der Waals surface area contributed by atoms with Crippen molar-refractivity contribution >= 4 is 17.7 Å². The molecule has 1 aliphatic heterocycles. The molecule has 1 heterocycles. The molecule has 6 heteroatoms. The van der Waals surface area contributed by atoms with Gasteiger partial charge in [-0.3, -0.25) is 0 Å². The maximum absolute atomic E-state index is 11.5. The molecule has 1 saturated heterocycles. The molecule has 0 aliphatic carbocycles. The van der Waals surface area contributed by atoms with Gasteiger partial charge in [-0.25, -0.2) is 4.79 Å².